The number of carboxylic acids is 2. The summed E-state index contributed by atoms with van der Waals surface area (Å²) in [6.45, 7) is 0. The van der Waals surface area contributed by atoms with Crippen molar-refractivity contribution in [3.8, 4) is 0 Å². The molecule has 0 saturated carbocycles. The smallest absolute Gasteiger partial charge is 0.337 e. The molecule has 3 aromatic rings. The number of rotatable bonds is 2. The van der Waals surface area contributed by atoms with Gasteiger partial charge in [0.05, 0.1) is 16.6 Å². The SMILES string of the molecule is O=C(O)c1ccc2c(ccc3ncccc32)c1C(=O)O. The van der Waals surface area contributed by atoms with Gasteiger partial charge in [-0.1, -0.05) is 18.2 Å². The maximum atomic E-state index is 11.4. The van der Waals surface area contributed by atoms with Gasteiger partial charge in [0.2, 0.25) is 0 Å². The van der Waals surface area contributed by atoms with Crippen molar-refractivity contribution >= 4 is 33.6 Å². The first kappa shape index (κ1) is 12.1. The lowest BCUT2D eigenvalue weighted by Crippen LogP contribution is -2.08. The summed E-state index contributed by atoms with van der Waals surface area (Å²) >= 11 is 0. The van der Waals surface area contributed by atoms with Crippen LogP contribution in [0.2, 0.25) is 0 Å². The molecule has 1 aromatic heterocycles. The zero-order valence-corrected chi connectivity index (χ0v) is 10.2. The highest BCUT2D eigenvalue weighted by atomic mass is 16.4. The van der Waals surface area contributed by atoms with Gasteiger partial charge in [-0.05, 0) is 29.0 Å². The fraction of sp³-hybridized carbons (Fsp3) is 0. The molecule has 0 aliphatic rings. The highest BCUT2D eigenvalue weighted by Crippen LogP contribution is 2.28. The Morgan fingerprint density at radius 3 is 2.30 bits per heavy atom. The summed E-state index contributed by atoms with van der Waals surface area (Å²) in [4.78, 5) is 26.8. The highest BCUT2D eigenvalue weighted by molar-refractivity contribution is 6.17. The third-order valence-corrected chi connectivity index (χ3v) is 3.23. The molecule has 5 heteroatoms. The number of fused-ring (bicyclic) bond motifs is 3. The van der Waals surface area contributed by atoms with Crippen molar-refractivity contribution in [3.63, 3.8) is 0 Å². The van der Waals surface area contributed by atoms with Gasteiger partial charge in [0, 0.05) is 11.6 Å². The molecule has 0 aliphatic carbocycles. The quantitative estimate of drug-likeness (QED) is 0.697. The maximum absolute atomic E-state index is 11.4. The fourth-order valence-electron chi connectivity index (χ4n) is 2.38. The van der Waals surface area contributed by atoms with Crippen LogP contribution in [0.3, 0.4) is 0 Å². The van der Waals surface area contributed by atoms with Gasteiger partial charge < -0.3 is 10.2 Å². The van der Waals surface area contributed by atoms with Crippen LogP contribution >= 0.6 is 0 Å². The first-order valence-corrected chi connectivity index (χ1v) is 5.86. The van der Waals surface area contributed by atoms with E-state index in [4.69, 9.17) is 5.11 Å². The molecular formula is C15H9NO4. The Morgan fingerprint density at radius 1 is 0.850 bits per heavy atom. The lowest BCUT2D eigenvalue weighted by Gasteiger charge is -2.08. The van der Waals surface area contributed by atoms with E-state index >= 15 is 0 Å². The molecule has 1 heterocycles. The molecule has 0 radical (unpaired) electrons. The van der Waals surface area contributed by atoms with Crippen molar-refractivity contribution in [3.05, 3.63) is 53.7 Å². The normalized spacial score (nSPS) is 10.8. The highest BCUT2D eigenvalue weighted by Gasteiger charge is 2.19. The molecule has 0 aliphatic heterocycles. The Kier molecular flexibility index (Phi) is 2.61. The van der Waals surface area contributed by atoms with Gasteiger partial charge in [0.15, 0.2) is 0 Å². The molecule has 0 bridgehead atoms. The average Bonchev–Trinajstić information content (AvgIpc) is 2.45. The second-order valence-electron chi connectivity index (χ2n) is 4.33. The largest absolute Gasteiger partial charge is 0.478 e. The van der Waals surface area contributed by atoms with E-state index in [1.54, 1.807) is 30.5 Å². The van der Waals surface area contributed by atoms with Gasteiger partial charge in [0.1, 0.15) is 0 Å². The van der Waals surface area contributed by atoms with Crippen LogP contribution in [-0.2, 0) is 0 Å². The van der Waals surface area contributed by atoms with Crippen LogP contribution in [0.4, 0.5) is 0 Å². The molecular weight excluding hydrogens is 258 g/mol. The maximum Gasteiger partial charge on any atom is 0.337 e. The number of aromatic carboxylic acids is 2. The van der Waals surface area contributed by atoms with Crippen molar-refractivity contribution in [2.45, 2.75) is 0 Å². The van der Waals surface area contributed by atoms with Crippen LogP contribution in [0.15, 0.2) is 42.6 Å². The zero-order valence-electron chi connectivity index (χ0n) is 10.2. The van der Waals surface area contributed by atoms with E-state index in [2.05, 4.69) is 4.98 Å². The fourth-order valence-corrected chi connectivity index (χ4v) is 2.38. The van der Waals surface area contributed by atoms with Crippen LogP contribution in [-0.4, -0.2) is 27.1 Å². The van der Waals surface area contributed by atoms with Crippen LogP contribution in [0.1, 0.15) is 20.7 Å². The van der Waals surface area contributed by atoms with E-state index < -0.39 is 11.9 Å². The summed E-state index contributed by atoms with van der Waals surface area (Å²) in [5.41, 5.74) is 0.327. The number of carboxylic acid groups (broad SMARTS) is 2. The van der Waals surface area contributed by atoms with Gasteiger partial charge in [-0.25, -0.2) is 9.59 Å². The monoisotopic (exact) mass is 267 g/mol. The summed E-state index contributed by atoms with van der Waals surface area (Å²) in [5.74, 6) is -2.51. The number of hydrogen-bond donors (Lipinski definition) is 2. The molecule has 98 valence electrons. The lowest BCUT2D eigenvalue weighted by molar-refractivity contribution is 0.0653. The molecule has 20 heavy (non-hydrogen) atoms. The molecule has 0 amide bonds. The molecule has 0 spiro atoms. The molecule has 0 saturated heterocycles. The molecule has 3 rings (SSSR count). The number of benzene rings is 2. The second-order valence-corrected chi connectivity index (χ2v) is 4.33. The minimum Gasteiger partial charge on any atom is -0.478 e. The summed E-state index contributed by atoms with van der Waals surface area (Å²) in [6, 6.07) is 9.82. The van der Waals surface area contributed by atoms with Crippen molar-refractivity contribution in [2.75, 3.05) is 0 Å². The number of nitrogens with zero attached hydrogens (tertiary/aromatic N) is 1. The Labute approximate surface area is 113 Å². The first-order chi connectivity index (χ1) is 9.59. The Hall–Kier alpha value is -2.95. The van der Waals surface area contributed by atoms with Crippen molar-refractivity contribution < 1.29 is 19.8 Å². The van der Waals surface area contributed by atoms with Crippen molar-refractivity contribution in [1.82, 2.24) is 4.98 Å². The predicted molar refractivity (Wildman–Crippen MR) is 73.2 cm³/mol. The lowest BCUT2D eigenvalue weighted by atomic mass is 9.96. The zero-order chi connectivity index (χ0) is 14.3. The molecule has 5 nitrogen and oxygen atoms in total. The summed E-state index contributed by atoms with van der Waals surface area (Å²) in [6.07, 6.45) is 1.65. The van der Waals surface area contributed by atoms with E-state index in [0.29, 0.717) is 10.8 Å². The van der Waals surface area contributed by atoms with Gasteiger partial charge in [-0.15, -0.1) is 0 Å². The standard InChI is InChI=1S/C15H9NO4/c17-14(18)11-4-3-8-9-2-1-7-16-12(9)6-5-10(8)13(11)15(19)20/h1-7H,(H,17,18)(H,19,20). The molecule has 0 atom stereocenters. The second kappa shape index (κ2) is 4.31. The number of aromatic nitrogens is 1. The van der Waals surface area contributed by atoms with Crippen LogP contribution in [0.25, 0.3) is 21.7 Å². The Balaban J connectivity index is 2.52. The van der Waals surface area contributed by atoms with Crippen molar-refractivity contribution in [2.24, 2.45) is 0 Å². The minimum atomic E-state index is -1.25. The summed E-state index contributed by atoms with van der Waals surface area (Å²) < 4.78 is 0. The van der Waals surface area contributed by atoms with E-state index in [9.17, 15) is 14.7 Å². The minimum absolute atomic E-state index is 0.194. The summed E-state index contributed by atoms with van der Waals surface area (Å²) in [5, 5.41) is 20.3. The Bertz CT molecular complexity index is 870. The van der Waals surface area contributed by atoms with Crippen LogP contribution < -0.4 is 0 Å². The van der Waals surface area contributed by atoms with Gasteiger partial charge in [-0.2, -0.15) is 0 Å². The third kappa shape index (κ3) is 1.68. The topological polar surface area (TPSA) is 87.5 Å². The average molecular weight is 267 g/mol. The number of carbonyl (C=O) groups is 2. The van der Waals surface area contributed by atoms with Crippen LogP contribution in [0, 0.1) is 0 Å². The van der Waals surface area contributed by atoms with Gasteiger partial charge in [-0.3, -0.25) is 4.98 Å². The van der Waals surface area contributed by atoms with E-state index in [1.807, 2.05) is 6.07 Å². The predicted octanol–water partition coefficient (Wildman–Crippen LogP) is 2.78. The van der Waals surface area contributed by atoms with Crippen LogP contribution in [0.5, 0.6) is 0 Å². The molecule has 2 N–H and O–H groups in total. The van der Waals surface area contributed by atoms with Crippen molar-refractivity contribution in [1.29, 1.82) is 0 Å². The molecule has 0 unspecified atom stereocenters. The third-order valence-electron chi connectivity index (χ3n) is 3.23. The van der Waals surface area contributed by atoms with Gasteiger partial charge in [0.25, 0.3) is 0 Å². The van der Waals surface area contributed by atoms with E-state index in [0.717, 1.165) is 10.9 Å². The van der Waals surface area contributed by atoms with E-state index in [-0.39, 0.29) is 11.1 Å². The number of pyridine rings is 1. The summed E-state index contributed by atoms with van der Waals surface area (Å²) in [7, 11) is 0. The van der Waals surface area contributed by atoms with E-state index in [1.165, 1.54) is 6.07 Å². The van der Waals surface area contributed by atoms with Gasteiger partial charge >= 0.3 is 11.9 Å². The Morgan fingerprint density at radius 2 is 1.60 bits per heavy atom. The first-order valence-electron chi connectivity index (χ1n) is 5.86. The number of hydrogen-bond acceptors (Lipinski definition) is 3. The molecule has 0 fully saturated rings. The molecule has 2 aromatic carbocycles.